The zero-order valence-electron chi connectivity index (χ0n) is 11.2. The van der Waals surface area contributed by atoms with Gasteiger partial charge in [0.2, 0.25) is 0 Å². The first kappa shape index (κ1) is 14.2. The lowest BCUT2D eigenvalue weighted by molar-refractivity contribution is -0.117. The van der Waals surface area contributed by atoms with Crippen molar-refractivity contribution in [3.05, 3.63) is 59.8 Å². The Kier molecular flexibility index (Phi) is 5.92. The average Bonchev–Trinajstić information content (AvgIpc) is 2.35. The normalized spacial score (nSPS) is 25.3. The Labute approximate surface area is 109 Å². The minimum atomic E-state index is -0.0555. The second kappa shape index (κ2) is 7.49. The number of carbonyl (C=O) groups is 1. The lowest BCUT2D eigenvalue weighted by Gasteiger charge is -2.08. The molecular weight excluding hydrogens is 222 g/mol. The van der Waals surface area contributed by atoms with Crippen LogP contribution in [0.5, 0.6) is 0 Å². The summed E-state index contributed by atoms with van der Waals surface area (Å²) in [5.41, 5.74) is 2.59. The number of allylic oxidation sites excluding steroid dienone is 7. The highest BCUT2D eigenvalue weighted by Gasteiger charge is 2.09. The zero-order chi connectivity index (χ0) is 13.4. The van der Waals surface area contributed by atoms with Crippen molar-refractivity contribution in [3.63, 3.8) is 0 Å². The molecule has 1 aliphatic rings. The van der Waals surface area contributed by atoms with Crippen LogP contribution in [-0.4, -0.2) is 12.5 Å². The maximum Gasteiger partial charge on any atom is 0.251 e. The molecule has 0 atom stereocenters. The predicted molar refractivity (Wildman–Crippen MR) is 77.2 cm³/mol. The number of rotatable bonds is 3. The molecule has 0 fully saturated rings. The second-order valence-electron chi connectivity index (χ2n) is 4.37. The molecule has 0 saturated heterocycles. The molecule has 1 aliphatic carbocycles. The Morgan fingerprint density at radius 2 is 2.17 bits per heavy atom. The molecule has 18 heavy (non-hydrogen) atoms. The van der Waals surface area contributed by atoms with Crippen molar-refractivity contribution >= 4 is 5.91 Å². The summed E-state index contributed by atoms with van der Waals surface area (Å²) >= 11 is 0. The van der Waals surface area contributed by atoms with Gasteiger partial charge in [0.25, 0.3) is 5.91 Å². The molecule has 0 aliphatic heterocycles. The summed E-state index contributed by atoms with van der Waals surface area (Å²) in [5, 5.41) is 2.88. The van der Waals surface area contributed by atoms with Crippen LogP contribution in [0.2, 0.25) is 0 Å². The van der Waals surface area contributed by atoms with Crippen LogP contribution in [0, 0.1) is 0 Å². The van der Waals surface area contributed by atoms with Crippen molar-refractivity contribution in [1.82, 2.24) is 5.32 Å². The fourth-order valence-corrected chi connectivity index (χ4v) is 1.55. The van der Waals surface area contributed by atoms with Crippen LogP contribution in [0.15, 0.2) is 59.8 Å². The summed E-state index contributed by atoms with van der Waals surface area (Å²) < 4.78 is 0. The molecule has 0 aromatic carbocycles. The van der Waals surface area contributed by atoms with E-state index in [0.717, 1.165) is 18.4 Å². The van der Waals surface area contributed by atoms with Crippen LogP contribution in [0.3, 0.4) is 0 Å². The van der Waals surface area contributed by atoms with Gasteiger partial charge in [0, 0.05) is 12.1 Å². The van der Waals surface area contributed by atoms with Gasteiger partial charge in [-0.05, 0) is 31.4 Å². The second-order valence-corrected chi connectivity index (χ2v) is 4.37. The molecule has 1 rings (SSSR count). The molecule has 0 heterocycles. The van der Waals surface area contributed by atoms with E-state index in [-0.39, 0.29) is 5.91 Å². The molecule has 96 valence electrons. The molecule has 0 unspecified atom stereocenters. The van der Waals surface area contributed by atoms with E-state index in [4.69, 9.17) is 0 Å². The van der Waals surface area contributed by atoms with Gasteiger partial charge in [0.1, 0.15) is 0 Å². The molecule has 0 bridgehead atoms. The van der Waals surface area contributed by atoms with Gasteiger partial charge in [-0.15, -0.1) is 0 Å². The molecule has 0 spiro atoms. The highest BCUT2D eigenvalue weighted by Crippen LogP contribution is 2.13. The molecule has 2 nitrogen and oxygen atoms in total. The summed E-state index contributed by atoms with van der Waals surface area (Å²) in [5.74, 6) is -0.0555. The van der Waals surface area contributed by atoms with Crippen LogP contribution in [0.4, 0.5) is 0 Å². The monoisotopic (exact) mass is 243 g/mol. The van der Waals surface area contributed by atoms with Crippen molar-refractivity contribution in [2.45, 2.75) is 26.7 Å². The van der Waals surface area contributed by atoms with Gasteiger partial charge in [-0.2, -0.15) is 0 Å². The van der Waals surface area contributed by atoms with Gasteiger partial charge in [-0.1, -0.05) is 49.5 Å². The van der Waals surface area contributed by atoms with Crippen LogP contribution >= 0.6 is 0 Å². The highest BCUT2D eigenvalue weighted by atomic mass is 16.1. The van der Waals surface area contributed by atoms with Gasteiger partial charge in [0.05, 0.1) is 0 Å². The van der Waals surface area contributed by atoms with E-state index in [1.54, 1.807) is 0 Å². The average molecular weight is 243 g/mol. The van der Waals surface area contributed by atoms with Crippen LogP contribution in [0.1, 0.15) is 26.7 Å². The SMILES string of the molecule is C=C1/C=C\C=C/C/C(C)=C\C=C/1C(=O)NCCC. The van der Waals surface area contributed by atoms with Crippen molar-refractivity contribution < 1.29 is 4.79 Å². The Morgan fingerprint density at radius 3 is 2.89 bits per heavy atom. The van der Waals surface area contributed by atoms with Gasteiger partial charge >= 0.3 is 0 Å². The van der Waals surface area contributed by atoms with E-state index >= 15 is 0 Å². The third-order valence-corrected chi connectivity index (χ3v) is 2.65. The van der Waals surface area contributed by atoms with Crippen LogP contribution < -0.4 is 5.32 Å². The highest BCUT2D eigenvalue weighted by molar-refractivity contribution is 5.98. The molecular formula is C16H21NO. The molecule has 0 aromatic rings. The standard InChI is InChI=1S/C16H21NO/c1-4-12-17-16(18)15-11-10-13(2)8-6-5-7-9-14(15)3/h5-7,9-11H,3-4,8,12H2,1-2H3,(H,17,18)/b6-5-,9-7-,13-10-,15-11+. The van der Waals surface area contributed by atoms with E-state index < -0.39 is 0 Å². The maximum absolute atomic E-state index is 12.0. The molecule has 0 saturated carbocycles. The van der Waals surface area contributed by atoms with Crippen molar-refractivity contribution in [2.75, 3.05) is 6.54 Å². The maximum atomic E-state index is 12.0. The van der Waals surface area contributed by atoms with Gasteiger partial charge in [0.15, 0.2) is 0 Å². The first-order chi connectivity index (χ1) is 8.65. The van der Waals surface area contributed by atoms with E-state index in [0.29, 0.717) is 12.1 Å². The van der Waals surface area contributed by atoms with Crippen LogP contribution in [0.25, 0.3) is 0 Å². The Balaban J connectivity index is 2.95. The summed E-state index contributed by atoms with van der Waals surface area (Å²) in [6.07, 6.45) is 13.5. The molecule has 1 amide bonds. The first-order valence-electron chi connectivity index (χ1n) is 6.33. The minimum Gasteiger partial charge on any atom is -0.352 e. The predicted octanol–water partition coefficient (Wildman–Crippen LogP) is 3.46. The quantitative estimate of drug-likeness (QED) is 0.808. The fourth-order valence-electron chi connectivity index (χ4n) is 1.55. The van der Waals surface area contributed by atoms with E-state index in [2.05, 4.69) is 24.9 Å². The molecule has 1 N–H and O–H groups in total. The number of carbonyl (C=O) groups excluding carboxylic acids is 1. The van der Waals surface area contributed by atoms with Gasteiger partial charge in [-0.25, -0.2) is 0 Å². The summed E-state index contributed by atoms with van der Waals surface area (Å²) in [6, 6.07) is 0. The zero-order valence-corrected chi connectivity index (χ0v) is 11.2. The topological polar surface area (TPSA) is 29.1 Å². The molecule has 0 aromatic heterocycles. The van der Waals surface area contributed by atoms with E-state index in [1.165, 1.54) is 5.57 Å². The third-order valence-electron chi connectivity index (χ3n) is 2.65. The Hall–Kier alpha value is -1.83. The van der Waals surface area contributed by atoms with Gasteiger partial charge in [-0.3, -0.25) is 4.79 Å². The largest absolute Gasteiger partial charge is 0.352 e. The molecule has 2 heteroatoms. The lowest BCUT2D eigenvalue weighted by Crippen LogP contribution is -2.26. The minimum absolute atomic E-state index is 0.0555. The lowest BCUT2D eigenvalue weighted by atomic mass is 10.0. The third kappa shape index (κ3) is 4.58. The number of amides is 1. The van der Waals surface area contributed by atoms with Gasteiger partial charge < -0.3 is 5.32 Å². The van der Waals surface area contributed by atoms with E-state index in [9.17, 15) is 4.79 Å². The first-order valence-corrected chi connectivity index (χ1v) is 6.33. The summed E-state index contributed by atoms with van der Waals surface area (Å²) in [7, 11) is 0. The van der Waals surface area contributed by atoms with Crippen molar-refractivity contribution in [1.29, 1.82) is 0 Å². The Morgan fingerprint density at radius 1 is 1.39 bits per heavy atom. The van der Waals surface area contributed by atoms with Crippen LogP contribution in [-0.2, 0) is 4.79 Å². The number of hydrogen-bond acceptors (Lipinski definition) is 1. The van der Waals surface area contributed by atoms with Crippen molar-refractivity contribution in [3.8, 4) is 0 Å². The number of nitrogens with one attached hydrogen (secondary N) is 1. The fraction of sp³-hybridized carbons (Fsp3) is 0.312. The summed E-state index contributed by atoms with van der Waals surface area (Å²) in [4.78, 5) is 12.0. The number of hydrogen-bond donors (Lipinski definition) is 1. The van der Waals surface area contributed by atoms with Crippen molar-refractivity contribution in [2.24, 2.45) is 0 Å². The smallest absolute Gasteiger partial charge is 0.251 e. The Bertz CT molecular complexity index is 436. The summed E-state index contributed by atoms with van der Waals surface area (Å²) in [6.45, 7) is 8.72. The molecule has 0 radical (unpaired) electrons. The van der Waals surface area contributed by atoms with E-state index in [1.807, 2.05) is 37.3 Å².